The first kappa shape index (κ1) is 21.5. The van der Waals surface area contributed by atoms with Crippen molar-refractivity contribution in [3.63, 3.8) is 0 Å². The number of hydrogen-bond acceptors (Lipinski definition) is 7. The molecule has 0 saturated heterocycles. The topological polar surface area (TPSA) is 124 Å². The minimum absolute atomic E-state index is 0.0252. The number of nitrogens with one attached hydrogen (secondary N) is 2. The van der Waals surface area contributed by atoms with Crippen molar-refractivity contribution < 1.29 is 9.18 Å². The van der Waals surface area contributed by atoms with Crippen molar-refractivity contribution in [2.24, 2.45) is 11.6 Å². The van der Waals surface area contributed by atoms with Crippen LogP contribution in [0.4, 0.5) is 27.4 Å². The molecule has 0 atom stereocenters. The van der Waals surface area contributed by atoms with Crippen molar-refractivity contribution in [2.45, 2.75) is 38.1 Å². The number of aromatic nitrogens is 1. The van der Waals surface area contributed by atoms with Gasteiger partial charge in [-0.25, -0.2) is 15.2 Å². The van der Waals surface area contributed by atoms with Crippen LogP contribution in [0.25, 0.3) is 0 Å². The number of primary amides is 1. The lowest BCUT2D eigenvalue weighted by atomic mass is 9.94. The van der Waals surface area contributed by atoms with Crippen molar-refractivity contribution in [1.82, 2.24) is 4.98 Å². The molecule has 9 heteroatoms. The zero-order valence-corrected chi connectivity index (χ0v) is 17.1. The van der Waals surface area contributed by atoms with E-state index in [2.05, 4.69) is 10.3 Å². The van der Waals surface area contributed by atoms with Gasteiger partial charge in [-0.3, -0.25) is 4.79 Å². The Morgan fingerprint density at radius 1 is 1.33 bits per heavy atom. The monoisotopic (exact) mass is 413 g/mol. The van der Waals surface area contributed by atoms with E-state index in [0.29, 0.717) is 11.4 Å². The number of carbonyl (C=O) groups is 1. The summed E-state index contributed by atoms with van der Waals surface area (Å²) in [5, 5.41) is 11.7. The van der Waals surface area contributed by atoms with Crippen LogP contribution in [0.1, 0.15) is 42.5 Å². The fourth-order valence-corrected chi connectivity index (χ4v) is 3.75. The number of hydrazine groups is 1. The standard InChI is InChI=1S/C21H28FN7O/c1-28(15-7-3-2-4-8-15)21-18(22)13-17(19(24)30)20(27-21)26-14-6-5-9-16(12-14)29(25)11-10-23/h5-6,9-10,12-13,15,23H,2-4,7-8,11,25H2,1H3,(H2,24,30)(H,26,27). The normalized spacial score (nSPS) is 14.2. The third-order valence-electron chi connectivity index (χ3n) is 5.41. The molecule has 0 radical (unpaired) electrons. The van der Waals surface area contributed by atoms with Gasteiger partial charge in [0, 0.05) is 25.0 Å². The molecule has 0 aliphatic heterocycles. The second-order valence-corrected chi connectivity index (χ2v) is 7.49. The van der Waals surface area contributed by atoms with E-state index in [1.54, 1.807) is 24.3 Å². The van der Waals surface area contributed by atoms with Gasteiger partial charge in [0.05, 0.1) is 17.8 Å². The van der Waals surface area contributed by atoms with Crippen LogP contribution in [0.15, 0.2) is 30.3 Å². The molecule has 0 spiro atoms. The summed E-state index contributed by atoms with van der Waals surface area (Å²) in [6, 6.07) is 8.46. The van der Waals surface area contributed by atoms with E-state index < -0.39 is 11.7 Å². The second-order valence-electron chi connectivity index (χ2n) is 7.49. The average molecular weight is 414 g/mol. The van der Waals surface area contributed by atoms with Crippen LogP contribution in [0.5, 0.6) is 0 Å². The molecule has 1 aliphatic carbocycles. The van der Waals surface area contributed by atoms with E-state index in [-0.39, 0.29) is 29.8 Å². The Balaban J connectivity index is 1.94. The molecule has 1 heterocycles. The lowest BCUT2D eigenvalue weighted by Gasteiger charge is -2.32. The summed E-state index contributed by atoms with van der Waals surface area (Å²) in [5.74, 6) is 4.96. The Bertz CT molecular complexity index is 914. The third-order valence-corrected chi connectivity index (χ3v) is 5.41. The number of benzene rings is 1. The summed E-state index contributed by atoms with van der Waals surface area (Å²) < 4.78 is 14.8. The maximum atomic E-state index is 14.8. The Morgan fingerprint density at radius 3 is 2.73 bits per heavy atom. The second kappa shape index (κ2) is 9.53. The van der Waals surface area contributed by atoms with Crippen LogP contribution >= 0.6 is 0 Å². The first-order chi connectivity index (χ1) is 14.4. The molecule has 6 N–H and O–H groups in total. The molecule has 0 bridgehead atoms. The highest BCUT2D eigenvalue weighted by Gasteiger charge is 2.24. The van der Waals surface area contributed by atoms with E-state index in [1.807, 2.05) is 11.9 Å². The number of hydrogen-bond donors (Lipinski definition) is 4. The molecule has 8 nitrogen and oxygen atoms in total. The summed E-state index contributed by atoms with van der Waals surface area (Å²) in [4.78, 5) is 18.2. The number of carbonyl (C=O) groups excluding carboxylic acids is 1. The molecule has 0 unspecified atom stereocenters. The van der Waals surface area contributed by atoms with Gasteiger partial charge in [-0.15, -0.1) is 0 Å². The van der Waals surface area contributed by atoms with E-state index >= 15 is 0 Å². The Morgan fingerprint density at radius 2 is 2.07 bits per heavy atom. The summed E-state index contributed by atoms with van der Waals surface area (Å²) in [6.45, 7) is 0.251. The van der Waals surface area contributed by atoms with Crippen LogP contribution in [-0.4, -0.2) is 36.7 Å². The van der Waals surface area contributed by atoms with Crippen molar-refractivity contribution in [3.05, 3.63) is 41.7 Å². The first-order valence-corrected chi connectivity index (χ1v) is 10.0. The molecular weight excluding hydrogens is 385 g/mol. The van der Waals surface area contributed by atoms with Crippen LogP contribution in [0.3, 0.4) is 0 Å². The van der Waals surface area contributed by atoms with E-state index in [0.717, 1.165) is 31.7 Å². The van der Waals surface area contributed by atoms with Gasteiger partial charge in [0.2, 0.25) is 0 Å². The van der Waals surface area contributed by atoms with Crippen molar-refractivity contribution in [1.29, 1.82) is 5.41 Å². The summed E-state index contributed by atoms with van der Waals surface area (Å²) in [6.07, 6.45) is 6.58. The molecule has 1 aromatic carbocycles. The lowest BCUT2D eigenvalue weighted by molar-refractivity contribution is 0.100. The van der Waals surface area contributed by atoms with Gasteiger partial charge in [-0.05, 0) is 37.1 Å². The van der Waals surface area contributed by atoms with Crippen LogP contribution in [-0.2, 0) is 0 Å². The van der Waals surface area contributed by atoms with E-state index in [9.17, 15) is 9.18 Å². The van der Waals surface area contributed by atoms with Crippen LogP contribution < -0.4 is 26.8 Å². The summed E-state index contributed by atoms with van der Waals surface area (Å²) >= 11 is 0. The molecule has 160 valence electrons. The van der Waals surface area contributed by atoms with Gasteiger partial charge < -0.3 is 26.4 Å². The lowest BCUT2D eigenvalue weighted by Crippen LogP contribution is -2.35. The highest BCUT2D eigenvalue weighted by atomic mass is 19.1. The fraction of sp³-hybridized carbons (Fsp3) is 0.381. The highest BCUT2D eigenvalue weighted by molar-refractivity contribution is 5.98. The quantitative estimate of drug-likeness (QED) is 0.299. The predicted octanol–water partition coefficient (Wildman–Crippen LogP) is 3.16. The highest BCUT2D eigenvalue weighted by Crippen LogP contribution is 2.30. The predicted molar refractivity (Wildman–Crippen MR) is 118 cm³/mol. The maximum absolute atomic E-state index is 14.8. The molecule has 3 rings (SSSR count). The van der Waals surface area contributed by atoms with Crippen LogP contribution in [0.2, 0.25) is 0 Å². The van der Waals surface area contributed by atoms with Gasteiger partial charge >= 0.3 is 0 Å². The molecule has 1 amide bonds. The Hall–Kier alpha value is -3.20. The van der Waals surface area contributed by atoms with Gasteiger partial charge in [-0.2, -0.15) is 0 Å². The van der Waals surface area contributed by atoms with Crippen molar-refractivity contribution >= 4 is 35.1 Å². The SMILES string of the molecule is CN(c1nc(Nc2cccc(N(N)CC=N)c2)c(C(N)=O)cc1F)C1CCCCC1. The van der Waals surface area contributed by atoms with Gasteiger partial charge in [0.1, 0.15) is 5.82 Å². The third kappa shape index (κ3) is 4.85. The number of pyridine rings is 1. The first-order valence-electron chi connectivity index (χ1n) is 10.0. The number of nitrogens with zero attached hydrogens (tertiary/aromatic N) is 3. The zero-order valence-electron chi connectivity index (χ0n) is 17.1. The van der Waals surface area contributed by atoms with E-state index in [1.165, 1.54) is 17.6 Å². The Kier molecular flexibility index (Phi) is 6.83. The molecular formula is C21H28FN7O. The number of nitrogens with two attached hydrogens (primary N) is 2. The largest absolute Gasteiger partial charge is 0.365 e. The van der Waals surface area contributed by atoms with Gasteiger partial charge in [0.15, 0.2) is 11.6 Å². The number of amides is 1. The van der Waals surface area contributed by atoms with Crippen LogP contribution in [0, 0.1) is 11.2 Å². The number of halogens is 1. The fourth-order valence-electron chi connectivity index (χ4n) is 3.75. The summed E-state index contributed by atoms with van der Waals surface area (Å²) in [5.41, 5.74) is 6.73. The minimum Gasteiger partial charge on any atom is -0.365 e. The van der Waals surface area contributed by atoms with Gasteiger partial charge in [-0.1, -0.05) is 25.3 Å². The zero-order chi connectivity index (χ0) is 21.7. The number of anilines is 4. The molecule has 2 aromatic rings. The van der Waals surface area contributed by atoms with Crippen molar-refractivity contribution in [2.75, 3.05) is 28.8 Å². The molecule has 1 aromatic heterocycles. The maximum Gasteiger partial charge on any atom is 0.252 e. The summed E-state index contributed by atoms with van der Waals surface area (Å²) in [7, 11) is 1.83. The smallest absolute Gasteiger partial charge is 0.252 e. The molecule has 1 saturated carbocycles. The number of rotatable bonds is 8. The Labute approximate surface area is 175 Å². The average Bonchev–Trinajstić information content (AvgIpc) is 2.75. The molecule has 1 fully saturated rings. The van der Waals surface area contributed by atoms with Gasteiger partial charge in [0.25, 0.3) is 5.91 Å². The molecule has 1 aliphatic rings. The minimum atomic E-state index is -0.767. The molecule has 30 heavy (non-hydrogen) atoms. The van der Waals surface area contributed by atoms with E-state index in [4.69, 9.17) is 17.0 Å². The van der Waals surface area contributed by atoms with Crippen molar-refractivity contribution in [3.8, 4) is 0 Å².